The number of benzene rings is 1. The number of carbonyl (C=O) groups excluding carboxylic acids is 1. The molecule has 1 amide bonds. The highest BCUT2D eigenvalue weighted by atomic mass is 32.2. The zero-order valence-corrected chi connectivity index (χ0v) is 13.3. The van der Waals surface area contributed by atoms with Gasteiger partial charge in [-0.2, -0.15) is 4.31 Å². The van der Waals surface area contributed by atoms with Gasteiger partial charge in [-0.3, -0.25) is 0 Å². The molecule has 1 aromatic carbocycles. The third kappa shape index (κ3) is 4.52. The molecule has 6 heteroatoms. The maximum absolute atomic E-state index is 12.1. The quantitative estimate of drug-likeness (QED) is 0.861. The zero-order chi connectivity index (χ0) is 15.6. The lowest BCUT2D eigenvalue weighted by Crippen LogP contribution is -2.41. The molecule has 0 aliphatic rings. The maximum atomic E-state index is 12.1. The molecular weight excluding hydrogens is 278 g/mol. The molecule has 5 nitrogen and oxygen atoms in total. The van der Waals surface area contributed by atoms with Gasteiger partial charge in [0, 0.05) is 0 Å². The van der Waals surface area contributed by atoms with Gasteiger partial charge in [0.15, 0.2) is 0 Å². The summed E-state index contributed by atoms with van der Waals surface area (Å²) in [6.07, 6.45) is 0.132. The second-order valence-electron chi connectivity index (χ2n) is 5.63. The predicted octanol–water partition coefficient (Wildman–Crippen LogP) is 2.94. The van der Waals surface area contributed by atoms with Crippen LogP contribution in [0, 0.1) is 0 Å². The Morgan fingerprint density at radius 2 is 1.70 bits per heavy atom. The summed E-state index contributed by atoms with van der Waals surface area (Å²) in [5, 5.41) is 0. The Morgan fingerprint density at radius 3 is 2.10 bits per heavy atom. The van der Waals surface area contributed by atoms with Crippen molar-refractivity contribution in [1.82, 2.24) is 4.31 Å². The molecule has 0 radical (unpaired) electrons. The van der Waals surface area contributed by atoms with Gasteiger partial charge in [-0.15, -0.1) is 0 Å². The molecule has 0 unspecified atom stereocenters. The fraction of sp³-hybridized carbons (Fsp3) is 0.500. The number of ether oxygens (including phenoxy) is 1. The Morgan fingerprint density at radius 1 is 1.20 bits per heavy atom. The summed E-state index contributed by atoms with van der Waals surface area (Å²) < 4.78 is 29.7. The van der Waals surface area contributed by atoms with E-state index in [1.165, 1.54) is 0 Å². The summed E-state index contributed by atoms with van der Waals surface area (Å²) in [4.78, 5) is 12.1. The molecule has 112 valence electrons. The van der Waals surface area contributed by atoms with E-state index in [9.17, 15) is 13.2 Å². The van der Waals surface area contributed by atoms with E-state index in [4.69, 9.17) is 4.74 Å². The Labute approximate surface area is 120 Å². The van der Waals surface area contributed by atoms with Crippen molar-refractivity contribution in [2.45, 2.75) is 39.3 Å². The van der Waals surface area contributed by atoms with Crippen LogP contribution in [0.5, 0.6) is 0 Å². The number of hydrogen-bond acceptors (Lipinski definition) is 4. The normalized spacial score (nSPS) is 13.7. The SMILES string of the molecule is C[C@H](c1ccccc1)N(C(=O)OC(C)(C)C)S(C)(=O)=O. The van der Waals surface area contributed by atoms with E-state index in [1.54, 1.807) is 52.0 Å². The van der Waals surface area contributed by atoms with Gasteiger partial charge in [0.2, 0.25) is 10.0 Å². The lowest BCUT2D eigenvalue weighted by atomic mass is 10.1. The fourth-order valence-corrected chi connectivity index (χ4v) is 2.76. The van der Waals surface area contributed by atoms with Crippen LogP contribution in [-0.2, 0) is 14.8 Å². The molecule has 0 N–H and O–H groups in total. The Balaban J connectivity index is 3.12. The van der Waals surface area contributed by atoms with Crippen LogP contribution in [-0.4, -0.2) is 30.7 Å². The Kier molecular flexibility index (Phi) is 4.81. The highest BCUT2D eigenvalue weighted by Gasteiger charge is 2.33. The minimum atomic E-state index is -3.73. The third-order valence-electron chi connectivity index (χ3n) is 2.56. The largest absolute Gasteiger partial charge is 0.443 e. The summed E-state index contributed by atoms with van der Waals surface area (Å²) in [7, 11) is -3.73. The van der Waals surface area contributed by atoms with Crippen LogP contribution in [0.4, 0.5) is 4.79 Å². The van der Waals surface area contributed by atoms with E-state index < -0.39 is 27.8 Å². The van der Waals surface area contributed by atoms with Crippen LogP contribution < -0.4 is 0 Å². The van der Waals surface area contributed by atoms with Crippen molar-refractivity contribution in [3.05, 3.63) is 35.9 Å². The van der Waals surface area contributed by atoms with Crippen molar-refractivity contribution in [1.29, 1.82) is 0 Å². The molecule has 1 rings (SSSR count). The van der Waals surface area contributed by atoms with Gasteiger partial charge in [-0.1, -0.05) is 30.3 Å². The highest BCUT2D eigenvalue weighted by molar-refractivity contribution is 7.88. The summed E-state index contributed by atoms with van der Waals surface area (Å²) >= 11 is 0. The standard InChI is InChI=1S/C14H21NO4S/c1-11(12-9-7-6-8-10-12)15(20(5,17)18)13(16)19-14(2,3)4/h6-11H,1-5H3/t11-/m1/s1. The van der Waals surface area contributed by atoms with E-state index >= 15 is 0 Å². The van der Waals surface area contributed by atoms with Gasteiger partial charge < -0.3 is 4.74 Å². The number of nitrogens with zero attached hydrogens (tertiary/aromatic N) is 1. The minimum absolute atomic E-state index is 0.624. The molecule has 0 aliphatic carbocycles. The number of amides is 1. The van der Waals surface area contributed by atoms with Crippen LogP contribution in [0.3, 0.4) is 0 Å². The first kappa shape index (κ1) is 16.5. The van der Waals surface area contributed by atoms with Crippen LogP contribution in [0.15, 0.2) is 30.3 Å². The lowest BCUT2D eigenvalue weighted by Gasteiger charge is -2.30. The first-order valence-corrected chi connectivity index (χ1v) is 8.14. The van der Waals surface area contributed by atoms with Crippen LogP contribution in [0.2, 0.25) is 0 Å². The molecule has 1 aromatic rings. The minimum Gasteiger partial charge on any atom is -0.443 e. The molecule has 20 heavy (non-hydrogen) atoms. The van der Waals surface area contributed by atoms with E-state index in [0.717, 1.165) is 16.1 Å². The first-order valence-electron chi connectivity index (χ1n) is 6.30. The van der Waals surface area contributed by atoms with Crippen molar-refractivity contribution >= 4 is 16.1 Å². The monoisotopic (exact) mass is 299 g/mol. The van der Waals surface area contributed by atoms with E-state index in [2.05, 4.69) is 0 Å². The van der Waals surface area contributed by atoms with Gasteiger partial charge in [-0.25, -0.2) is 13.2 Å². The second-order valence-corrected chi connectivity index (χ2v) is 7.49. The van der Waals surface area contributed by atoms with E-state index in [0.29, 0.717) is 0 Å². The van der Waals surface area contributed by atoms with Crippen LogP contribution in [0.25, 0.3) is 0 Å². The molecule has 1 atom stereocenters. The Bertz CT molecular complexity index is 561. The Hall–Kier alpha value is -1.56. The van der Waals surface area contributed by atoms with Gasteiger partial charge >= 0.3 is 6.09 Å². The molecular formula is C14H21NO4S. The van der Waals surface area contributed by atoms with Crippen molar-refractivity contribution in [2.75, 3.05) is 6.26 Å². The fourth-order valence-electron chi connectivity index (χ4n) is 1.75. The maximum Gasteiger partial charge on any atom is 0.424 e. The van der Waals surface area contributed by atoms with Gasteiger partial charge in [0.25, 0.3) is 0 Å². The molecule has 0 bridgehead atoms. The van der Waals surface area contributed by atoms with E-state index in [1.807, 2.05) is 6.07 Å². The molecule has 0 saturated carbocycles. The zero-order valence-electron chi connectivity index (χ0n) is 12.5. The van der Waals surface area contributed by atoms with Crippen molar-refractivity contribution in [2.24, 2.45) is 0 Å². The average molecular weight is 299 g/mol. The first-order chi connectivity index (χ1) is 9.02. The number of hydrogen-bond donors (Lipinski definition) is 0. The molecule has 0 aliphatic heterocycles. The summed E-state index contributed by atoms with van der Waals surface area (Å²) in [6, 6.07) is 8.33. The molecule has 0 fully saturated rings. The molecule has 0 spiro atoms. The van der Waals surface area contributed by atoms with Crippen LogP contribution in [0.1, 0.15) is 39.3 Å². The molecule has 0 heterocycles. The van der Waals surface area contributed by atoms with Crippen molar-refractivity contribution < 1.29 is 17.9 Å². The molecule has 0 saturated heterocycles. The summed E-state index contributed by atoms with van der Waals surface area (Å²) in [6.45, 7) is 6.73. The van der Waals surface area contributed by atoms with Crippen LogP contribution >= 0.6 is 0 Å². The topological polar surface area (TPSA) is 63.7 Å². The van der Waals surface area contributed by atoms with E-state index in [-0.39, 0.29) is 0 Å². The number of sulfonamides is 1. The van der Waals surface area contributed by atoms with Gasteiger partial charge in [0.1, 0.15) is 5.60 Å². The third-order valence-corrected chi connectivity index (χ3v) is 3.74. The second kappa shape index (κ2) is 5.83. The van der Waals surface area contributed by atoms with Crippen molar-refractivity contribution in [3.8, 4) is 0 Å². The van der Waals surface area contributed by atoms with Crippen molar-refractivity contribution in [3.63, 3.8) is 0 Å². The average Bonchev–Trinajstić information content (AvgIpc) is 2.25. The number of carbonyl (C=O) groups is 1. The summed E-state index contributed by atoms with van der Waals surface area (Å²) in [5.74, 6) is 0. The smallest absolute Gasteiger partial charge is 0.424 e. The lowest BCUT2D eigenvalue weighted by molar-refractivity contribution is 0.0347. The highest BCUT2D eigenvalue weighted by Crippen LogP contribution is 2.25. The molecule has 0 aromatic heterocycles. The predicted molar refractivity (Wildman–Crippen MR) is 77.8 cm³/mol. The summed E-state index contributed by atoms with van der Waals surface area (Å²) in [5.41, 5.74) is -0.0278. The van der Waals surface area contributed by atoms with Gasteiger partial charge in [-0.05, 0) is 33.3 Å². The van der Waals surface area contributed by atoms with Gasteiger partial charge in [0.05, 0.1) is 12.3 Å². The number of rotatable bonds is 3.